The average Bonchev–Trinajstić information content (AvgIpc) is 1.89. The molecule has 0 unspecified atom stereocenters. The van der Waals surface area contributed by atoms with E-state index in [1.165, 1.54) is 6.42 Å². The van der Waals surface area contributed by atoms with Crippen LogP contribution in [0.3, 0.4) is 0 Å². The molecule has 0 heterocycles. The van der Waals surface area contributed by atoms with Gasteiger partial charge in [-0.2, -0.15) is 0 Å². The summed E-state index contributed by atoms with van der Waals surface area (Å²) in [5.74, 6) is 1.49. The molecule has 0 rings (SSSR count). The molecule has 0 aliphatic heterocycles. The van der Waals surface area contributed by atoms with E-state index >= 15 is 0 Å². The van der Waals surface area contributed by atoms with E-state index in [0.29, 0.717) is 0 Å². The molecule has 0 radical (unpaired) electrons. The summed E-state index contributed by atoms with van der Waals surface area (Å²) in [7, 11) is 2.08. The highest BCUT2D eigenvalue weighted by Gasteiger charge is 1.94. The van der Waals surface area contributed by atoms with Crippen LogP contribution in [0.5, 0.6) is 0 Å². The zero-order valence-corrected chi connectivity index (χ0v) is 7.96. The van der Waals surface area contributed by atoms with E-state index < -0.39 is 0 Å². The van der Waals surface area contributed by atoms with Gasteiger partial charge in [-0.25, -0.2) is 0 Å². The molecule has 10 heavy (non-hydrogen) atoms. The maximum Gasteiger partial charge on any atom is 0.0351 e. The first-order valence-corrected chi connectivity index (χ1v) is 4.68. The van der Waals surface area contributed by atoms with Crippen LogP contribution < -0.4 is 0 Å². The van der Waals surface area contributed by atoms with E-state index in [-0.39, 0.29) is 0 Å². The number of hydrogen-bond acceptors (Lipinski definition) is 1. The molecular formula is C7H15Cl2N. The molecule has 3 heteroatoms. The normalized spacial score (nSPS) is 10.8. The predicted molar refractivity (Wildman–Crippen MR) is 48.2 cm³/mol. The van der Waals surface area contributed by atoms with Crippen molar-refractivity contribution in [3.63, 3.8) is 0 Å². The van der Waals surface area contributed by atoms with Crippen molar-refractivity contribution < 1.29 is 0 Å². The zero-order chi connectivity index (χ0) is 7.82. The summed E-state index contributed by atoms with van der Waals surface area (Å²) in [5, 5.41) is 0. The van der Waals surface area contributed by atoms with Gasteiger partial charge in [0.15, 0.2) is 0 Å². The Bertz CT molecular complexity index is 68.6. The van der Waals surface area contributed by atoms with E-state index in [2.05, 4.69) is 11.9 Å². The first-order chi connectivity index (χ1) is 4.81. The summed E-state index contributed by atoms with van der Waals surface area (Å²) in [6.07, 6.45) is 2.28. The quantitative estimate of drug-likeness (QED) is 0.451. The van der Waals surface area contributed by atoms with Gasteiger partial charge >= 0.3 is 0 Å². The molecule has 0 aromatic rings. The SMILES string of the molecule is CN(CCCl)CCCCCl. The summed E-state index contributed by atoms with van der Waals surface area (Å²) in [4.78, 5) is 2.22. The maximum absolute atomic E-state index is 5.54. The molecule has 0 saturated heterocycles. The Labute approximate surface area is 73.3 Å². The minimum atomic E-state index is 0.720. The van der Waals surface area contributed by atoms with Crippen molar-refractivity contribution in [3.05, 3.63) is 0 Å². The van der Waals surface area contributed by atoms with Crippen molar-refractivity contribution in [2.75, 3.05) is 31.9 Å². The van der Waals surface area contributed by atoms with Gasteiger partial charge in [0.2, 0.25) is 0 Å². The Morgan fingerprint density at radius 2 is 1.70 bits per heavy atom. The van der Waals surface area contributed by atoms with Gasteiger partial charge in [-0.15, -0.1) is 23.2 Å². The van der Waals surface area contributed by atoms with Gasteiger partial charge in [0, 0.05) is 18.3 Å². The molecule has 1 nitrogen and oxygen atoms in total. The Balaban J connectivity index is 2.97. The summed E-state index contributed by atoms with van der Waals surface area (Å²) < 4.78 is 0. The smallest absolute Gasteiger partial charge is 0.0351 e. The maximum atomic E-state index is 5.54. The number of nitrogens with zero attached hydrogens (tertiary/aromatic N) is 1. The number of alkyl halides is 2. The second kappa shape index (κ2) is 7.64. The van der Waals surface area contributed by atoms with Crippen LogP contribution in [-0.2, 0) is 0 Å². The Morgan fingerprint density at radius 1 is 1.00 bits per heavy atom. The fraction of sp³-hybridized carbons (Fsp3) is 1.00. The first kappa shape index (κ1) is 10.5. The molecule has 0 spiro atoms. The molecular weight excluding hydrogens is 169 g/mol. The van der Waals surface area contributed by atoms with Gasteiger partial charge in [-0.3, -0.25) is 0 Å². The van der Waals surface area contributed by atoms with E-state index in [4.69, 9.17) is 23.2 Å². The molecule has 0 atom stereocenters. The Morgan fingerprint density at radius 3 is 2.20 bits per heavy atom. The molecule has 0 bridgehead atoms. The highest BCUT2D eigenvalue weighted by Crippen LogP contribution is 1.94. The van der Waals surface area contributed by atoms with Crippen LogP contribution in [0, 0.1) is 0 Å². The van der Waals surface area contributed by atoms with Crippen LogP contribution in [0.1, 0.15) is 12.8 Å². The zero-order valence-electron chi connectivity index (χ0n) is 6.45. The van der Waals surface area contributed by atoms with E-state index in [9.17, 15) is 0 Å². The predicted octanol–water partition coefficient (Wildman–Crippen LogP) is 2.18. The highest BCUT2D eigenvalue weighted by atomic mass is 35.5. The standard InChI is InChI=1S/C7H15Cl2N/c1-10(7-5-9)6-3-2-4-8/h2-7H2,1H3. The second-order valence-electron chi connectivity index (χ2n) is 2.39. The number of unbranched alkanes of at least 4 members (excludes halogenated alkanes) is 1. The third-order valence-corrected chi connectivity index (χ3v) is 1.83. The lowest BCUT2D eigenvalue weighted by atomic mass is 10.3. The Kier molecular flexibility index (Phi) is 8.06. The van der Waals surface area contributed by atoms with Crippen LogP contribution in [0.25, 0.3) is 0 Å². The topological polar surface area (TPSA) is 3.24 Å². The van der Waals surface area contributed by atoms with Gasteiger partial charge in [0.1, 0.15) is 0 Å². The molecule has 0 fully saturated rings. The van der Waals surface area contributed by atoms with Gasteiger partial charge in [0.05, 0.1) is 0 Å². The lowest BCUT2D eigenvalue weighted by Crippen LogP contribution is -2.21. The minimum Gasteiger partial charge on any atom is -0.305 e. The van der Waals surface area contributed by atoms with Crippen molar-refractivity contribution >= 4 is 23.2 Å². The van der Waals surface area contributed by atoms with Crippen molar-refractivity contribution in [1.29, 1.82) is 0 Å². The molecule has 0 saturated carbocycles. The number of rotatable bonds is 6. The lowest BCUT2D eigenvalue weighted by Gasteiger charge is -2.13. The summed E-state index contributed by atoms with van der Waals surface area (Å²) in [5.41, 5.74) is 0. The highest BCUT2D eigenvalue weighted by molar-refractivity contribution is 6.18. The van der Waals surface area contributed by atoms with E-state index in [0.717, 1.165) is 31.3 Å². The van der Waals surface area contributed by atoms with E-state index in [1.807, 2.05) is 0 Å². The van der Waals surface area contributed by atoms with Crippen LogP contribution in [0.15, 0.2) is 0 Å². The summed E-state index contributed by atoms with van der Waals surface area (Å²) in [6, 6.07) is 0. The first-order valence-electron chi connectivity index (χ1n) is 3.61. The van der Waals surface area contributed by atoms with Crippen LogP contribution in [0.2, 0.25) is 0 Å². The van der Waals surface area contributed by atoms with Gasteiger partial charge in [-0.1, -0.05) is 0 Å². The molecule has 62 valence electrons. The average molecular weight is 184 g/mol. The molecule has 0 N–H and O–H groups in total. The van der Waals surface area contributed by atoms with Crippen LogP contribution in [0.4, 0.5) is 0 Å². The molecule has 0 amide bonds. The van der Waals surface area contributed by atoms with Crippen molar-refractivity contribution in [1.82, 2.24) is 4.90 Å². The third-order valence-electron chi connectivity index (χ3n) is 1.39. The molecule has 0 aromatic heterocycles. The molecule has 0 aromatic carbocycles. The second-order valence-corrected chi connectivity index (χ2v) is 3.14. The molecule has 0 aliphatic rings. The fourth-order valence-corrected chi connectivity index (χ4v) is 1.21. The largest absolute Gasteiger partial charge is 0.305 e. The number of halogens is 2. The summed E-state index contributed by atoms with van der Waals surface area (Å²) >= 11 is 11.1. The monoisotopic (exact) mass is 183 g/mol. The Hall–Kier alpha value is 0.540. The van der Waals surface area contributed by atoms with E-state index in [1.54, 1.807) is 0 Å². The van der Waals surface area contributed by atoms with Crippen molar-refractivity contribution in [2.45, 2.75) is 12.8 Å². The van der Waals surface area contributed by atoms with Crippen LogP contribution >= 0.6 is 23.2 Å². The number of hydrogen-bond donors (Lipinski definition) is 0. The van der Waals surface area contributed by atoms with Gasteiger partial charge in [-0.05, 0) is 26.4 Å². The van der Waals surface area contributed by atoms with Gasteiger partial charge in [0.25, 0.3) is 0 Å². The minimum absolute atomic E-state index is 0.720. The molecule has 0 aliphatic carbocycles. The summed E-state index contributed by atoms with van der Waals surface area (Å²) in [6.45, 7) is 2.09. The fourth-order valence-electron chi connectivity index (χ4n) is 0.732. The van der Waals surface area contributed by atoms with Gasteiger partial charge < -0.3 is 4.90 Å². The third kappa shape index (κ3) is 6.66. The van der Waals surface area contributed by atoms with Crippen molar-refractivity contribution in [3.8, 4) is 0 Å². The lowest BCUT2D eigenvalue weighted by molar-refractivity contribution is 0.348. The van der Waals surface area contributed by atoms with Crippen molar-refractivity contribution in [2.24, 2.45) is 0 Å². The van der Waals surface area contributed by atoms with Crippen LogP contribution in [-0.4, -0.2) is 36.8 Å².